The molecule has 5 heteroatoms. The Kier molecular flexibility index (Phi) is 6.12. The van der Waals surface area contributed by atoms with Crippen molar-refractivity contribution in [2.24, 2.45) is 0 Å². The lowest BCUT2D eigenvalue weighted by atomic mass is 10.0. The molecule has 0 aliphatic carbocycles. The van der Waals surface area contributed by atoms with Crippen LogP contribution in [-0.2, 0) is 9.53 Å². The van der Waals surface area contributed by atoms with Gasteiger partial charge in [-0.25, -0.2) is 0 Å². The fourth-order valence-electron chi connectivity index (χ4n) is 1.82. The van der Waals surface area contributed by atoms with E-state index in [4.69, 9.17) is 16.3 Å². The van der Waals surface area contributed by atoms with Crippen molar-refractivity contribution in [2.75, 3.05) is 20.7 Å². The van der Waals surface area contributed by atoms with Crippen molar-refractivity contribution in [2.45, 2.75) is 19.1 Å². The fourth-order valence-corrected chi connectivity index (χ4v) is 1.95. The predicted octanol–water partition coefficient (Wildman–Crippen LogP) is 1.75. The summed E-state index contributed by atoms with van der Waals surface area (Å²) >= 11 is 5.85. The zero-order valence-electron chi connectivity index (χ0n) is 10.9. The molecule has 2 atom stereocenters. The minimum Gasteiger partial charge on any atom is -0.375 e. The second-order valence-corrected chi connectivity index (χ2v) is 4.53. The Bertz CT molecular complexity index is 381. The molecule has 0 spiro atoms. The van der Waals surface area contributed by atoms with E-state index >= 15 is 0 Å². The Morgan fingerprint density at radius 3 is 2.50 bits per heavy atom. The number of methoxy groups -OCH3 is 1. The first-order valence-corrected chi connectivity index (χ1v) is 6.18. The van der Waals surface area contributed by atoms with Crippen LogP contribution in [0, 0.1) is 0 Å². The summed E-state index contributed by atoms with van der Waals surface area (Å²) in [4.78, 5) is 11.5. The molecule has 1 rings (SSSR count). The summed E-state index contributed by atoms with van der Waals surface area (Å²) in [6.07, 6.45) is -0.192. The van der Waals surface area contributed by atoms with E-state index < -0.39 is 0 Å². The first-order chi connectivity index (χ1) is 8.58. The number of carbonyl (C=O) groups is 1. The van der Waals surface area contributed by atoms with Crippen LogP contribution in [0.1, 0.15) is 18.6 Å². The van der Waals surface area contributed by atoms with Gasteiger partial charge in [0.05, 0.1) is 12.6 Å². The summed E-state index contributed by atoms with van der Waals surface area (Å²) in [5.74, 6) is -0.0546. The fraction of sp³-hybridized carbons (Fsp3) is 0.462. The van der Waals surface area contributed by atoms with Gasteiger partial charge in [0.15, 0.2) is 0 Å². The summed E-state index contributed by atoms with van der Waals surface area (Å²) in [6.45, 7) is 2.21. The highest BCUT2D eigenvalue weighted by Gasteiger charge is 2.20. The van der Waals surface area contributed by atoms with Gasteiger partial charge in [-0.2, -0.15) is 0 Å². The maximum atomic E-state index is 11.5. The number of hydrogen-bond donors (Lipinski definition) is 2. The first-order valence-electron chi connectivity index (χ1n) is 5.80. The Hall–Kier alpha value is -1.10. The van der Waals surface area contributed by atoms with Crippen molar-refractivity contribution >= 4 is 17.5 Å². The van der Waals surface area contributed by atoms with Gasteiger partial charge in [-0.15, -0.1) is 0 Å². The van der Waals surface area contributed by atoms with Crippen molar-refractivity contribution in [3.05, 3.63) is 34.9 Å². The largest absolute Gasteiger partial charge is 0.375 e. The van der Waals surface area contributed by atoms with Gasteiger partial charge in [0.25, 0.3) is 0 Å². The van der Waals surface area contributed by atoms with Gasteiger partial charge in [0, 0.05) is 12.1 Å². The van der Waals surface area contributed by atoms with E-state index in [0.717, 1.165) is 5.56 Å². The quantitative estimate of drug-likeness (QED) is 0.828. The summed E-state index contributed by atoms with van der Waals surface area (Å²) in [5.41, 5.74) is 0.985. The van der Waals surface area contributed by atoms with E-state index in [0.29, 0.717) is 11.6 Å². The van der Waals surface area contributed by atoms with Gasteiger partial charge in [0.1, 0.15) is 6.10 Å². The molecule has 0 heterocycles. The number of carbonyl (C=O) groups excluding carboxylic acids is 1. The van der Waals surface area contributed by atoms with Crippen molar-refractivity contribution < 1.29 is 9.53 Å². The second kappa shape index (κ2) is 7.36. The Labute approximate surface area is 113 Å². The van der Waals surface area contributed by atoms with E-state index in [2.05, 4.69) is 10.6 Å². The molecule has 0 aromatic heterocycles. The molecule has 4 nitrogen and oxygen atoms in total. The van der Waals surface area contributed by atoms with Crippen LogP contribution < -0.4 is 10.6 Å². The van der Waals surface area contributed by atoms with Crippen LogP contribution >= 0.6 is 11.6 Å². The molecule has 1 amide bonds. The summed E-state index contributed by atoms with van der Waals surface area (Å²) in [5, 5.41) is 6.37. The molecule has 2 N–H and O–H groups in total. The van der Waals surface area contributed by atoms with Crippen LogP contribution in [0.5, 0.6) is 0 Å². The highest BCUT2D eigenvalue weighted by Crippen LogP contribution is 2.22. The molecule has 18 heavy (non-hydrogen) atoms. The second-order valence-electron chi connectivity index (χ2n) is 4.09. The SMILES string of the molecule is CNCC(=O)NC(C)C(OC)c1ccc(Cl)cc1. The molecule has 1 aromatic carbocycles. The molecular weight excluding hydrogens is 252 g/mol. The zero-order chi connectivity index (χ0) is 13.5. The van der Waals surface area contributed by atoms with Crippen molar-refractivity contribution in [1.82, 2.24) is 10.6 Å². The molecule has 1 aromatic rings. The van der Waals surface area contributed by atoms with Crippen LogP contribution in [0.25, 0.3) is 0 Å². The van der Waals surface area contributed by atoms with Gasteiger partial charge in [0.2, 0.25) is 5.91 Å². The molecule has 0 fully saturated rings. The number of likely N-dealkylation sites (N-methyl/N-ethyl adjacent to an activating group) is 1. The lowest BCUT2D eigenvalue weighted by molar-refractivity contribution is -0.121. The molecule has 0 aliphatic rings. The molecule has 2 unspecified atom stereocenters. The van der Waals surface area contributed by atoms with E-state index in [9.17, 15) is 4.79 Å². The lowest BCUT2D eigenvalue weighted by Gasteiger charge is -2.24. The number of hydrogen-bond acceptors (Lipinski definition) is 3. The maximum absolute atomic E-state index is 11.5. The standard InChI is InChI=1S/C13H19ClN2O2/c1-9(16-12(17)8-15-2)13(18-3)10-4-6-11(14)7-5-10/h4-7,9,13,15H,8H2,1-3H3,(H,16,17). The molecular formula is C13H19ClN2O2. The zero-order valence-corrected chi connectivity index (χ0v) is 11.6. The Morgan fingerprint density at radius 2 is 2.00 bits per heavy atom. The third kappa shape index (κ3) is 4.29. The van der Waals surface area contributed by atoms with Gasteiger partial charge < -0.3 is 15.4 Å². The lowest BCUT2D eigenvalue weighted by Crippen LogP contribution is -2.41. The number of halogens is 1. The number of benzene rings is 1. The monoisotopic (exact) mass is 270 g/mol. The van der Waals surface area contributed by atoms with Gasteiger partial charge in [-0.3, -0.25) is 4.79 Å². The summed E-state index contributed by atoms with van der Waals surface area (Å²) in [6, 6.07) is 7.31. The average molecular weight is 271 g/mol. The number of nitrogens with one attached hydrogen (secondary N) is 2. The molecule has 0 saturated carbocycles. The highest BCUT2D eigenvalue weighted by atomic mass is 35.5. The van der Waals surface area contributed by atoms with Gasteiger partial charge >= 0.3 is 0 Å². The van der Waals surface area contributed by atoms with Crippen molar-refractivity contribution in [3.63, 3.8) is 0 Å². The van der Waals surface area contributed by atoms with Crippen molar-refractivity contribution in [1.29, 1.82) is 0 Å². The molecule has 0 aliphatic heterocycles. The van der Waals surface area contributed by atoms with E-state index in [1.165, 1.54) is 0 Å². The third-order valence-electron chi connectivity index (χ3n) is 2.63. The first kappa shape index (κ1) is 15.0. The highest BCUT2D eigenvalue weighted by molar-refractivity contribution is 6.30. The van der Waals surface area contributed by atoms with Gasteiger partial charge in [-0.05, 0) is 31.7 Å². The van der Waals surface area contributed by atoms with Crippen LogP contribution in [0.3, 0.4) is 0 Å². The van der Waals surface area contributed by atoms with E-state index in [1.54, 1.807) is 14.2 Å². The minimum atomic E-state index is -0.192. The average Bonchev–Trinajstić information content (AvgIpc) is 2.32. The van der Waals surface area contributed by atoms with Gasteiger partial charge in [-0.1, -0.05) is 23.7 Å². The maximum Gasteiger partial charge on any atom is 0.234 e. The predicted molar refractivity (Wildman–Crippen MR) is 72.7 cm³/mol. The Balaban J connectivity index is 2.70. The third-order valence-corrected chi connectivity index (χ3v) is 2.88. The molecule has 0 saturated heterocycles. The smallest absolute Gasteiger partial charge is 0.234 e. The number of amides is 1. The molecule has 100 valence electrons. The van der Waals surface area contributed by atoms with Crippen LogP contribution in [0.4, 0.5) is 0 Å². The van der Waals surface area contributed by atoms with E-state index in [-0.39, 0.29) is 18.1 Å². The van der Waals surface area contributed by atoms with Crippen LogP contribution in [0.2, 0.25) is 5.02 Å². The summed E-state index contributed by atoms with van der Waals surface area (Å²) < 4.78 is 5.44. The van der Waals surface area contributed by atoms with Crippen molar-refractivity contribution in [3.8, 4) is 0 Å². The van der Waals surface area contributed by atoms with Crippen LogP contribution in [0.15, 0.2) is 24.3 Å². The van der Waals surface area contributed by atoms with Crippen LogP contribution in [-0.4, -0.2) is 32.7 Å². The Morgan fingerprint density at radius 1 is 1.39 bits per heavy atom. The number of ether oxygens (including phenoxy) is 1. The summed E-state index contributed by atoms with van der Waals surface area (Å²) in [7, 11) is 3.36. The molecule has 0 radical (unpaired) electrons. The van der Waals surface area contributed by atoms with E-state index in [1.807, 2.05) is 31.2 Å². The number of rotatable bonds is 6. The minimum absolute atomic E-state index is 0.0546. The normalized spacial score (nSPS) is 14.0. The molecule has 0 bridgehead atoms. The topological polar surface area (TPSA) is 50.4 Å².